The summed E-state index contributed by atoms with van der Waals surface area (Å²) in [4.78, 5) is 11.1. The number of anilines is 1. The van der Waals surface area contributed by atoms with Gasteiger partial charge in [-0.2, -0.15) is 0 Å². The number of ether oxygens (including phenoxy) is 1. The van der Waals surface area contributed by atoms with E-state index in [1.807, 2.05) is 13.1 Å². The quantitative estimate of drug-likeness (QED) is 0.825. The van der Waals surface area contributed by atoms with Crippen LogP contribution in [0.3, 0.4) is 0 Å². The van der Waals surface area contributed by atoms with Crippen molar-refractivity contribution in [2.45, 2.75) is 39.5 Å². The first-order valence-corrected chi connectivity index (χ1v) is 6.03. The lowest BCUT2D eigenvalue weighted by molar-refractivity contribution is -0.00573. The fourth-order valence-electron chi connectivity index (χ4n) is 2.17. The van der Waals surface area contributed by atoms with Crippen LogP contribution in [0.1, 0.15) is 25.1 Å². The number of nitrogens with two attached hydrogens (primary N) is 1. The molecule has 1 fully saturated rings. The van der Waals surface area contributed by atoms with Crippen LogP contribution in [-0.2, 0) is 11.3 Å². The molecule has 0 saturated carbocycles. The molecule has 1 saturated heterocycles. The van der Waals surface area contributed by atoms with E-state index in [0.29, 0.717) is 6.54 Å². The average Bonchev–Trinajstić information content (AvgIpc) is 2.27. The van der Waals surface area contributed by atoms with E-state index in [2.05, 4.69) is 28.7 Å². The Morgan fingerprint density at radius 1 is 1.41 bits per heavy atom. The van der Waals surface area contributed by atoms with Crippen LogP contribution in [-0.4, -0.2) is 35.3 Å². The summed E-state index contributed by atoms with van der Waals surface area (Å²) in [7, 11) is 0. The van der Waals surface area contributed by atoms with Crippen molar-refractivity contribution in [1.82, 2.24) is 9.97 Å². The number of nitrogens with zero attached hydrogens (tertiary/aromatic N) is 3. The van der Waals surface area contributed by atoms with E-state index in [0.717, 1.165) is 30.3 Å². The van der Waals surface area contributed by atoms with Crippen LogP contribution in [0, 0.1) is 6.92 Å². The summed E-state index contributed by atoms with van der Waals surface area (Å²) in [6, 6.07) is 0. The molecule has 17 heavy (non-hydrogen) atoms. The zero-order valence-corrected chi connectivity index (χ0v) is 10.7. The molecule has 5 nitrogen and oxygen atoms in total. The molecule has 0 radical (unpaired) electrons. The van der Waals surface area contributed by atoms with Gasteiger partial charge in [0.2, 0.25) is 5.95 Å². The van der Waals surface area contributed by atoms with Gasteiger partial charge in [-0.15, -0.1) is 0 Å². The van der Waals surface area contributed by atoms with Crippen molar-refractivity contribution in [3.63, 3.8) is 0 Å². The molecule has 1 aliphatic rings. The van der Waals surface area contributed by atoms with Crippen molar-refractivity contribution in [3.8, 4) is 0 Å². The molecule has 2 rings (SSSR count). The molecule has 1 aromatic heterocycles. The summed E-state index contributed by atoms with van der Waals surface area (Å²) in [5.74, 6) is 0.779. The van der Waals surface area contributed by atoms with Crippen molar-refractivity contribution in [2.75, 3.05) is 18.0 Å². The third kappa shape index (κ3) is 2.73. The second kappa shape index (κ2) is 4.98. The second-order valence-corrected chi connectivity index (χ2v) is 4.65. The van der Waals surface area contributed by atoms with Gasteiger partial charge in [-0.25, -0.2) is 9.97 Å². The van der Waals surface area contributed by atoms with Crippen LogP contribution >= 0.6 is 0 Å². The Labute approximate surface area is 102 Å². The van der Waals surface area contributed by atoms with E-state index >= 15 is 0 Å². The topological polar surface area (TPSA) is 64.3 Å². The lowest BCUT2D eigenvalue weighted by atomic mass is 10.2. The summed E-state index contributed by atoms with van der Waals surface area (Å²) in [6.07, 6.45) is 2.26. The Kier molecular flexibility index (Phi) is 3.59. The minimum absolute atomic E-state index is 0.219. The van der Waals surface area contributed by atoms with Gasteiger partial charge in [0.05, 0.1) is 12.2 Å². The van der Waals surface area contributed by atoms with E-state index in [1.54, 1.807) is 0 Å². The van der Waals surface area contributed by atoms with Crippen LogP contribution in [0.5, 0.6) is 0 Å². The zero-order chi connectivity index (χ0) is 12.4. The number of hydrogen-bond acceptors (Lipinski definition) is 5. The first-order chi connectivity index (χ1) is 8.10. The van der Waals surface area contributed by atoms with Crippen LogP contribution in [0.2, 0.25) is 0 Å². The maximum atomic E-state index is 5.70. The maximum Gasteiger partial charge on any atom is 0.225 e. The summed E-state index contributed by atoms with van der Waals surface area (Å²) in [5.41, 5.74) is 7.57. The molecule has 5 heteroatoms. The Morgan fingerprint density at radius 2 is 2.06 bits per heavy atom. The fraction of sp³-hybridized carbons (Fsp3) is 0.667. The number of rotatable bonds is 2. The number of hydrogen-bond donors (Lipinski definition) is 1. The first-order valence-electron chi connectivity index (χ1n) is 6.03. The van der Waals surface area contributed by atoms with Crippen molar-refractivity contribution in [1.29, 1.82) is 0 Å². The molecule has 1 aliphatic heterocycles. The van der Waals surface area contributed by atoms with Crippen LogP contribution in [0.4, 0.5) is 5.95 Å². The maximum absolute atomic E-state index is 5.70. The predicted octanol–water partition coefficient (Wildman–Crippen LogP) is 0.857. The van der Waals surface area contributed by atoms with Gasteiger partial charge in [-0.1, -0.05) is 0 Å². The van der Waals surface area contributed by atoms with E-state index in [-0.39, 0.29) is 12.2 Å². The third-order valence-electron chi connectivity index (χ3n) is 2.99. The summed E-state index contributed by atoms with van der Waals surface area (Å²) in [5, 5.41) is 0. The number of morpholine rings is 1. The van der Waals surface area contributed by atoms with E-state index in [4.69, 9.17) is 10.5 Å². The second-order valence-electron chi connectivity index (χ2n) is 4.65. The van der Waals surface area contributed by atoms with Gasteiger partial charge in [0.1, 0.15) is 0 Å². The van der Waals surface area contributed by atoms with E-state index < -0.39 is 0 Å². The Bertz CT molecular complexity index is 386. The summed E-state index contributed by atoms with van der Waals surface area (Å²) in [6.45, 7) is 8.29. The van der Waals surface area contributed by atoms with Crippen molar-refractivity contribution in [3.05, 3.63) is 17.5 Å². The average molecular weight is 236 g/mol. The largest absolute Gasteiger partial charge is 0.372 e. The highest BCUT2D eigenvalue weighted by atomic mass is 16.5. The molecule has 94 valence electrons. The highest BCUT2D eigenvalue weighted by Gasteiger charge is 2.24. The fourth-order valence-corrected chi connectivity index (χ4v) is 2.17. The Balaban J connectivity index is 2.19. The van der Waals surface area contributed by atoms with Gasteiger partial charge in [0.25, 0.3) is 0 Å². The number of aryl methyl sites for hydroxylation is 1. The molecule has 2 heterocycles. The van der Waals surface area contributed by atoms with Crippen LogP contribution < -0.4 is 10.6 Å². The molecule has 0 bridgehead atoms. The minimum Gasteiger partial charge on any atom is -0.372 e. The highest BCUT2D eigenvalue weighted by Crippen LogP contribution is 2.17. The molecule has 0 amide bonds. The Hall–Kier alpha value is -1.20. The van der Waals surface area contributed by atoms with Gasteiger partial charge in [0.15, 0.2) is 0 Å². The molecule has 0 aromatic carbocycles. The van der Waals surface area contributed by atoms with Crippen molar-refractivity contribution in [2.24, 2.45) is 5.73 Å². The zero-order valence-electron chi connectivity index (χ0n) is 10.7. The molecule has 1 aromatic rings. The molecule has 0 spiro atoms. The van der Waals surface area contributed by atoms with Crippen molar-refractivity contribution >= 4 is 5.95 Å². The summed E-state index contributed by atoms with van der Waals surface area (Å²) < 4.78 is 5.70. The van der Waals surface area contributed by atoms with E-state index in [9.17, 15) is 0 Å². The third-order valence-corrected chi connectivity index (χ3v) is 2.99. The van der Waals surface area contributed by atoms with Gasteiger partial charge in [-0.3, -0.25) is 0 Å². The van der Waals surface area contributed by atoms with E-state index in [1.165, 1.54) is 0 Å². The van der Waals surface area contributed by atoms with Gasteiger partial charge in [-0.05, 0) is 20.8 Å². The highest BCUT2D eigenvalue weighted by molar-refractivity contribution is 5.33. The van der Waals surface area contributed by atoms with Gasteiger partial charge in [0, 0.05) is 37.1 Å². The van der Waals surface area contributed by atoms with Gasteiger partial charge >= 0.3 is 0 Å². The Morgan fingerprint density at radius 3 is 2.59 bits per heavy atom. The molecule has 2 atom stereocenters. The number of aromatic nitrogens is 2. The molecular formula is C12H20N4O. The normalized spacial score (nSPS) is 25.1. The molecule has 0 aliphatic carbocycles. The minimum atomic E-state index is 0.219. The van der Waals surface area contributed by atoms with Crippen LogP contribution in [0.15, 0.2) is 6.20 Å². The molecule has 0 unspecified atom stereocenters. The molecular weight excluding hydrogens is 216 g/mol. The lowest BCUT2D eigenvalue weighted by Gasteiger charge is -2.35. The van der Waals surface area contributed by atoms with Crippen LogP contribution in [0.25, 0.3) is 0 Å². The monoisotopic (exact) mass is 236 g/mol. The summed E-state index contributed by atoms with van der Waals surface area (Å²) >= 11 is 0. The standard InChI is InChI=1S/C12H20N4O/c1-8-6-16(7-9(2)17-8)12-14-5-11(4-13)10(3)15-12/h5,8-9H,4,6-7,13H2,1-3H3/t8-,9+. The first kappa shape index (κ1) is 12.3. The lowest BCUT2D eigenvalue weighted by Crippen LogP contribution is -2.46. The predicted molar refractivity (Wildman–Crippen MR) is 66.9 cm³/mol. The molecule has 2 N–H and O–H groups in total. The smallest absolute Gasteiger partial charge is 0.225 e. The van der Waals surface area contributed by atoms with Gasteiger partial charge < -0.3 is 15.4 Å². The SMILES string of the molecule is Cc1nc(N2C[C@@H](C)O[C@@H](C)C2)ncc1CN. The van der Waals surface area contributed by atoms with Crippen molar-refractivity contribution < 1.29 is 4.74 Å².